The number of aryl methyl sites for hydroxylation is 4. The molecule has 1 N–H and O–H groups in total. The molecule has 0 aliphatic rings. The second-order valence-corrected chi connectivity index (χ2v) is 18.7. The first-order valence-corrected chi connectivity index (χ1v) is 24.2. The normalized spacial score (nSPS) is 11.9. The number of esters is 1. The number of aromatic nitrogens is 5. The topological polar surface area (TPSA) is 192 Å². The number of halogens is 1. The fraction of sp³-hybridized carbons (Fsp3) is 0.260. The average molecular weight is 992 g/mol. The molecule has 3 heterocycles. The molecule has 0 saturated carbocycles. The van der Waals surface area contributed by atoms with Gasteiger partial charge in [-0.1, -0.05) is 54.1 Å². The van der Waals surface area contributed by atoms with Crippen molar-refractivity contribution in [3.05, 3.63) is 157 Å². The van der Waals surface area contributed by atoms with Gasteiger partial charge < -0.3 is 28.4 Å². The number of hydrogen-bond acceptors (Lipinski definition) is 12. The van der Waals surface area contributed by atoms with Crippen molar-refractivity contribution in [2.75, 3.05) is 25.1 Å². The third-order valence-corrected chi connectivity index (χ3v) is 14.1. The lowest BCUT2D eigenvalue weighted by atomic mass is 9.96. The van der Waals surface area contributed by atoms with Gasteiger partial charge in [0, 0.05) is 105 Å². The molecule has 358 valence electrons. The van der Waals surface area contributed by atoms with Crippen LogP contribution in [0.2, 0.25) is 5.02 Å². The molecular weight excluding hydrogens is 942 g/mol. The molecule has 3 aromatic heterocycles. The Hall–Kier alpha value is -6.70. The lowest BCUT2D eigenvalue weighted by Gasteiger charge is -2.26. The van der Waals surface area contributed by atoms with Gasteiger partial charge in [-0.15, -0.1) is 11.8 Å². The van der Waals surface area contributed by atoms with Crippen LogP contribution in [0.1, 0.15) is 56.4 Å². The Bertz CT molecular complexity index is 3260. The van der Waals surface area contributed by atoms with Gasteiger partial charge >= 0.3 is 5.97 Å². The maximum Gasteiger partial charge on any atom is 0.354 e. The quantitative estimate of drug-likeness (QED) is 0.0266. The number of hydrogen-bond donors (Lipinski definition) is 1. The number of nitro benzene ring substituents is 1. The number of nitro groups is 1. The zero-order valence-electron chi connectivity index (χ0n) is 38.7. The van der Waals surface area contributed by atoms with Crippen LogP contribution in [0.3, 0.4) is 0 Å². The summed E-state index contributed by atoms with van der Waals surface area (Å²) < 4.78 is 49.1. The number of benzene rings is 5. The Morgan fingerprint density at radius 2 is 1.70 bits per heavy atom. The number of aliphatic hydroxyl groups excluding tert-OH is 1. The summed E-state index contributed by atoms with van der Waals surface area (Å²) in [5.41, 5.74) is 6.02. The van der Waals surface area contributed by atoms with Gasteiger partial charge in [0.2, 0.25) is 0 Å². The van der Waals surface area contributed by atoms with Gasteiger partial charge in [0.25, 0.3) is 5.69 Å². The van der Waals surface area contributed by atoms with Gasteiger partial charge in [0.05, 0.1) is 37.1 Å². The van der Waals surface area contributed by atoms with Gasteiger partial charge in [-0.05, 0) is 90.9 Å². The van der Waals surface area contributed by atoms with Crippen LogP contribution in [0, 0.1) is 24.0 Å². The van der Waals surface area contributed by atoms with Crippen molar-refractivity contribution in [3.63, 3.8) is 0 Å². The van der Waals surface area contributed by atoms with Gasteiger partial charge in [0.1, 0.15) is 29.5 Å². The van der Waals surface area contributed by atoms with Crippen molar-refractivity contribution in [2.24, 2.45) is 14.1 Å². The molecule has 0 fully saturated rings. The van der Waals surface area contributed by atoms with Crippen molar-refractivity contribution in [1.82, 2.24) is 24.1 Å². The first-order valence-electron chi connectivity index (χ1n) is 21.8. The van der Waals surface area contributed by atoms with Crippen LogP contribution in [-0.2, 0) is 62.0 Å². The monoisotopic (exact) mass is 990 g/mol. The summed E-state index contributed by atoms with van der Waals surface area (Å²) >= 11 is 5.62. The molecule has 5 aromatic carbocycles. The molecule has 0 radical (unpaired) electrons. The van der Waals surface area contributed by atoms with E-state index in [1.807, 2.05) is 61.6 Å². The summed E-state index contributed by atoms with van der Waals surface area (Å²) in [5, 5.41) is 34.8. The van der Waals surface area contributed by atoms with Gasteiger partial charge in [-0.25, -0.2) is 4.79 Å². The lowest BCUT2D eigenvalue weighted by Crippen LogP contribution is -2.26. The highest BCUT2D eigenvalue weighted by atomic mass is 35.5. The van der Waals surface area contributed by atoms with E-state index in [-0.39, 0.29) is 36.6 Å². The van der Waals surface area contributed by atoms with Gasteiger partial charge in [-0.2, -0.15) is 10.2 Å². The molecule has 0 saturated heterocycles. The number of ether oxygens (including phenoxy) is 3. The van der Waals surface area contributed by atoms with Gasteiger partial charge in [-0.3, -0.25) is 28.0 Å². The van der Waals surface area contributed by atoms with E-state index in [2.05, 4.69) is 12.1 Å². The predicted octanol–water partition coefficient (Wildman–Crippen LogP) is 9.55. The van der Waals surface area contributed by atoms with E-state index in [0.717, 1.165) is 42.7 Å². The third-order valence-electron chi connectivity index (χ3n) is 12.1. The Balaban J connectivity index is 1.04. The fourth-order valence-corrected chi connectivity index (χ4v) is 10.5. The van der Waals surface area contributed by atoms with E-state index in [1.165, 1.54) is 19.2 Å². The molecule has 8 aromatic rings. The van der Waals surface area contributed by atoms with E-state index in [9.17, 15) is 28.8 Å². The number of carbonyl (C=O) groups excluding carboxylic acids is 1. The largest absolute Gasteiger partial charge is 0.755 e. The van der Waals surface area contributed by atoms with E-state index in [4.69, 9.17) is 36.0 Å². The zero-order chi connectivity index (χ0) is 49.1. The Kier molecular flexibility index (Phi) is 14.8. The minimum Gasteiger partial charge on any atom is -0.755 e. The molecule has 0 bridgehead atoms. The maximum absolute atomic E-state index is 13.1. The van der Waals surface area contributed by atoms with E-state index in [1.54, 1.807) is 71.9 Å². The number of thioether (sulfide) groups is 1. The predicted molar refractivity (Wildman–Crippen MR) is 267 cm³/mol. The molecule has 0 aliphatic carbocycles. The van der Waals surface area contributed by atoms with Crippen molar-refractivity contribution < 1.29 is 37.8 Å². The number of aliphatic hydroxyl groups is 1. The second kappa shape index (κ2) is 20.9. The van der Waals surface area contributed by atoms with Crippen LogP contribution < -0.4 is 13.8 Å². The molecule has 19 heteroatoms. The second-order valence-electron chi connectivity index (χ2n) is 16.4. The zero-order valence-corrected chi connectivity index (χ0v) is 41.1. The van der Waals surface area contributed by atoms with Crippen LogP contribution in [0.4, 0.5) is 11.4 Å². The number of nitrogens with zero attached hydrogens (tertiary/aromatic N) is 7. The third kappa shape index (κ3) is 10.1. The Morgan fingerprint density at radius 1 is 0.942 bits per heavy atom. The molecule has 8 rings (SSSR count). The molecular formula is C50H49ClN7O9S2-. The number of carbonyl (C=O) groups is 1. The molecule has 16 nitrogen and oxygen atoms in total. The smallest absolute Gasteiger partial charge is 0.354 e. The average Bonchev–Trinajstić information content (AvgIpc) is 3.94. The minimum atomic E-state index is -3.00. The number of rotatable bonds is 19. The summed E-state index contributed by atoms with van der Waals surface area (Å²) in [4.78, 5) is 26.3. The number of methoxy groups -OCH3 is 2. The summed E-state index contributed by atoms with van der Waals surface area (Å²) in [7, 11) is 6.48. The SMILES string of the molecule is COC(=O)c1c(C)c2c(-c3c(CN(c4ccc(Cc5cc(CSc6cc(OCc7ccc(OC)cc7)c7ccccc7c6)n(C)n5)cc4[N+](=O)[O-])S(=O)[O-])nn(C)c3C)c(Cl)ccc2n1CCCO. The van der Waals surface area contributed by atoms with Crippen LogP contribution >= 0.6 is 23.4 Å². The molecule has 0 aliphatic heterocycles. The van der Waals surface area contributed by atoms with Crippen molar-refractivity contribution in [2.45, 2.75) is 57.0 Å². The van der Waals surface area contributed by atoms with E-state index < -0.39 is 27.8 Å². The standard InChI is InChI=1S/C50H50ClN7O9S2/c1-30-46-43(56(20-9-21-59)49(30)50(60)66-6)19-17-40(51)48(46)47-31(2)54(3)53-41(47)27-57(69(63)64)42-18-14-33(23-44(42)58(61)62)22-35-25-36(55(4)52-35)29-68-38-24-34-10-7-8-11-39(34)45(26-38)67-28-32-12-15-37(65-5)16-13-32/h7-8,10-19,23-26,59H,9,20-22,27-29H2,1-6H3,(H,63,64)/p-1. The summed E-state index contributed by atoms with van der Waals surface area (Å²) in [5.74, 6) is 1.56. The summed E-state index contributed by atoms with van der Waals surface area (Å²) in [6, 6.07) is 29.9. The minimum absolute atomic E-state index is 0.108. The highest BCUT2D eigenvalue weighted by molar-refractivity contribution is 7.98. The maximum atomic E-state index is 13.1. The van der Waals surface area contributed by atoms with Crippen molar-refractivity contribution in [3.8, 4) is 22.6 Å². The van der Waals surface area contributed by atoms with Crippen LogP contribution in [0.25, 0.3) is 32.8 Å². The molecule has 1 unspecified atom stereocenters. The Labute approximate surface area is 409 Å². The number of anilines is 1. The first kappa shape index (κ1) is 48.7. The van der Waals surface area contributed by atoms with Crippen LogP contribution in [-0.4, -0.2) is 69.7 Å². The lowest BCUT2D eigenvalue weighted by molar-refractivity contribution is -0.384. The highest BCUT2D eigenvalue weighted by Gasteiger charge is 2.30. The van der Waals surface area contributed by atoms with Gasteiger partial charge in [0.15, 0.2) is 0 Å². The highest BCUT2D eigenvalue weighted by Crippen LogP contribution is 2.44. The van der Waals surface area contributed by atoms with E-state index >= 15 is 0 Å². The molecule has 0 amide bonds. The van der Waals surface area contributed by atoms with Crippen molar-refractivity contribution >= 4 is 73.6 Å². The molecule has 0 spiro atoms. The Morgan fingerprint density at radius 3 is 2.41 bits per heavy atom. The van der Waals surface area contributed by atoms with Crippen LogP contribution in [0.15, 0.2) is 102 Å². The first-order chi connectivity index (χ1) is 33.2. The molecule has 1 atom stereocenters. The van der Waals surface area contributed by atoms with E-state index in [0.29, 0.717) is 74.9 Å². The summed E-state index contributed by atoms with van der Waals surface area (Å²) in [6.07, 6.45) is 0.612. The van der Waals surface area contributed by atoms with Crippen molar-refractivity contribution in [1.29, 1.82) is 0 Å². The van der Waals surface area contributed by atoms with Crippen LogP contribution in [0.5, 0.6) is 11.5 Å². The molecule has 69 heavy (non-hydrogen) atoms. The number of fused-ring (bicyclic) bond motifs is 2. The summed E-state index contributed by atoms with van der Waals surface area (Å²) in [6.45, 7) is 3.78. The fourth-order valence-electron chi connectivity index (χ4n) is 8.67.